The molecule has 12 aromatic heterocycles. The van der Waals surface area contributed by atoms with Gasteiger partial charge < -0.3 is 29.9 Å². The molecule has 0 saturated carbocycles. The van der Waals surface area contributed by atoms with Crippen LogP contribution in [0.1, 0.15) is 0 Å². The topological polar surface area (TPSA) is 103 Å². The molecule has 0 saturated heterocycles. The molecule has 0 spiro atoms. The van der Waals surface area contributed by atoms with Crippen LogP contribution in [0.25, 0.3) is 87.3 Å². The molecule has 16 rings (SSSR count). The van der Waals surface area contributed by atoms with E-state index in [1.54, 1.807) is 59.9 Å². The van der Waals surface area contributed by atoms with Gasteiger partial charge in [0.1, 0.15) is 0 Å². The molecule has 0 fully saturated rings. The van der Waals surface area contributed by atoms with Crippen LogP contribution in [0.4, 0.5) is 0 Å². The van der Waals surface area contributed by atoms with E-state index in [0.717, 1.165) is 87.3 Å². The summed E-state index contributed by atoms with van der Waals surface area (Å²) in [5.41, 5.74) is 12.1. The van der Waals surface area contributed by atoms with Crippen LogP contribution in [0.15, 0.2) is 327 Å². The van der Waals surface area contributed by atoms with Crippen LogP contribution >= 0.6 is 45.3 Å². The summed E-state index contributed by atoms with van der Waals surface area (Å²) in [6.45, 7) is 14.1. The molecule has 0 aliphatic rings. The summed E-state index contributed by atoms with van der Waals surface area (Å²) in [6.07, 6.45) is 14.4. The molecule has 0 aliphatic heterocycles. The number of benzene rings is 4. The van der Waals surface area contributed by atoms with Crippen molar-refractivity contribution in [3.63, 3.8) is 0 Å². The molecule has 528 valence electrons. The van der Waals surface area contributed by atoms with Gasteiger partial charge >= 0.3 is 84.3 Å². The molecule has 0 amide bonds. The van der Waals surface area contributed by atoms with Gasteiger partial charge in [0.2, 0.25) is 0 Å². The Morgan fingerprint density at radius 2 is 0.471 bits per heavy atom. The number of thiophene rings is 4. The number of aromatic nitrogens is 8. The summed E-state index contributed by atoms with van der Waals surface area (Å²) in [5, 5.41) is 4.01. The molecule has 0 aliphatic carbocycles. The third-order valence-corrected chi connectivity index (χ3v) is 24.6. The second-order valence-electron chi connectivity index (χ2n) is 23.3. The van der Waals surface area contributed by atoms with Gasteiger partial charge in [-0.25, -0.2) is 56.5 Å². The summed E-state index contributed by atoms with van der Waals surface area (Å²) in [4.78, 5) is 38.4. The van der Waals surface area contributed by atoms with E-state index in [-0.39, 0.29) is 84.3 Å². The molecular formula is C86H72N8Pt4S4Si2. The largest absolute Gasteiger partial charge is 2.00 e. The third kappa shape index (κ3) is 30.3. The van der Waals surface area contributed by atoms with E-state index in [2.05, 4.69) is 140 Å². The normalized spacial score (nSPS) is 9.90. The summed E-state index contributed by atoms with van der Waals surface area (Å²) in [6, 6.07) is 112. The maximum Gasteiger partial charge on any atom is 2.00 e. The average molecular weight is 2180 g/mol. The molecule has 0 radical (unpaired) electrons. The monoisotopic (exact) mass is 2180 g/mol. The molecule has 16 aromatic rings. The third-order valence-electron chi connectivity index (χ3n) is 13.7. The first-order chi connectivity index (χ1) is 48.9. The second-order valence-corrected chi connectivity index (χ2v) is 38.0. The van der Waals surface area contributed by atoms with Crippen LogP contribution in [0.5, 0.6) is 0 Å². The van der Waals surface area contributed by atoms with E-state index in [9.17, 15) is 0 Å². The van der Waals surface area contributed by atoms with Crippen molar-refractivity contribution in [2.45, 2.75) is 39.3 Å². The van der Waals surface area contributed by atoms with Gasteiger partial charge in [-0.1, -0.05) is 153 Å². The summed E-state index contributed by atoms with van der Waals surface area (Å²) in [5.74, 6) is 0. The van der Waals surface area contributed by atoms with Crippen molar-refractivity contribution in [3.05, 3.63) is 376 Å². The number of rotatable bonds is 10. The maximum absolute atomic E-state index is 4.34. The van der Waals surface area contributed by atoms with Crippen molar-refractivity contribution in [2.75, 3.05) is 0 Å². The molecular weight excluding hydrogens is 2110 g/mol. The quantitative estimate of drug-likeness (QED) is 0.0985. The molecule has 18 heteroatoms. The fourth-order valence-electron chi connectivity index (χ4n) is 8.64. The Labute approximate surface area is 689 Å². The molecule has 0 unspecified atom stereocenters. The van der Waals surface area contributed by atoms with Crippen molar-refractivity contribution in [3.8, 4) is 87.3 Å². The van der Waals surface area contributed by atoms with Crippen LogP contribution in [-0.2, 0) is 84.3 Å². The van der Waals surface area contributed by atoms with Crippen molar-refractivity contribution in [1.29, 1.82) is 0 Å². The first kappa shape index (κ1) is 86.7. The van der Waals surface area contributed by atoms with Gasteiger partial charge in [-0.2, -0.15) is 97.1 Å². The van der Waals surface area contributed by atoms with E-state index in [1.165, 1.54) is 9.00 Å². The molecule has 0 bridgehead atoms. The van der Waals surface area contributed by atoms with E-state index < -0.39 is 16.1 Å². The Balaban J connectivity index is 0.000000213. The zero-order valence-electron chi connectivity index (χ0n) is 57.7. The van der Waals surface area contributed by atoms with Crippen molar-refractivity contribution in [2.24, 2.45) is 0 Å². The first-order valence-electron chi connectivity index (χ1n) is 32.1. The van der Waals surface area contributed by atoms with Crippen LogP contribution in [0.3, 0.4) is 0 Å². The van der Waals surface area contributed by atoms with Gasteiger partial charge in [-0.3, -0.25) is 9.97 Å². The average Bonchev–Trinajstić information content (AvgIpc) is 1.70. The van der Waals surface area contributed by atoms with Crippen molar-refractivity contribution < 1.29 is 84.3 Å². The Morgan fingerprint density at radius 3 is 0.683 bits per heavy atom. The minimum absolute atomic E-state index is 0. The predicted octanol–water partition coefficient (Wildman–Crippen LogP) is 21.7. The minimum atomic E-state index is -1.19. The van der Waals surface area contributed by atoms with E-state index in [4.69, 9.17) is 0 Å². The minimum Gasteiger partial charge on any atom is -0.319 e. The summed E-state index contributed by atoms with van der Waals surface area (Å²) >= 11 is 6.99. The van der Waals surface area contributed by atoms with Crippen LogP contribution in [-0.4, -0.2) is 56.0 Å². The smallest absolute Gasteiger partial charge is 0.319 e. The first-order valence-corrected chi connectivity index (χ1v) is 42.5. The number of nitrogens with zero attached hydrogens (tertiary/aromatic N) is 8. The van der Waals surface area contributed by atoms with E-state index in [1.807, 2.05) is 301 Å². The molecule has 0 N–H and O–H groups in total. The van der Waals surface area contributed by atoms with Crippen LogP contribution < -0.4 is 9.00 Å². The Morgan fingerprint density at radius 1 is 0.231 bits per heavy atom. The fraction of sp³-hybridized carbons (Fsp3) is 0.0698. The molecule has 0 atom stereocenters. The van der Waals surface area contributed by atoms with Crippen LogP contribution in [0.2, 0.25) is 39.3 Å². The zero-order chi connectivity index (χ0) is 69.7. The van der Waals surface area contributed by atoms with Gasteiger partial charge in [0.05, 0.1) is 11.4 Å². The Hall–Kier alpha value is -7.93. The van der Waals surface area contributed by atoms with Gasteiger partial charge in [-0.05, 0) is 94.8 Å². The van der Waals surface area contributed by atoms with Gasteiger partial charge in [0.25, 0.3) is 0 Å². The summed E-state index contributed by atoms with van der Waals surface area (Å²) < 4.78 is 2.98. The fourth-order valence-corrected chi connectivity index (χ4v) is 15.4. The molecule has 12 heterocycles. The summed E-state index contributed by atoms with van der Waals surface area (Å²) in [7, 11) is -2.37. The second kappa shape index (κ2) is 48.2. The van der Waals surface area contributed by atoms with Gasteiger partial charge in [-0.15, -0.1) is 94.7 Å². The van der Waals surface area contributed by atoms with Gasteiger partial charge in [0, 0.05) is 65.7 Å². The van der Waals surface area contributed by atoms with E-state index >= 15 is 0 Å². The standard InChI is InChI=1S/2C12H14NSSi.C12H8.2C11H8N.C10H8N2.2C9H6NS.4Pt/c2*1-15(2,3)12-8-7-11(14-12)10-6-4-5-9-13-10;1-3-7-11(8-4-1)12-9-5-2-6-10-12;2*1-2-6-10(7-3-1)11-8-4-5-9-12-11;1-3-7-11-9(5-1)10-6-2-4-8-12-10;2*1-2-6-10-8(4-1)9-5-3-7-11-9;;;;/h2*4-6,8-9H,1-3H3;1-7,9H;2*1-6,8-9H;1-8H;2*1-4,6-7H;;;;/q2*-1;-2;2*-1;;2*-1;4*+2. The number of hydrogen-bond donors (Lipinski definition) is 0. The van der Waals surface area contributed by atoms with E-state index in [0.29, 0.717) is 0 Å². The predicted molar refractivity (Wildman–Crippen MR) is 426 cm³/mol. The maximum atomic E-state index is 4.34. The molecule has 4 aromatic carbocycles. The Bertz CT molecular complexity index is 4140. The van der Waals surface area contributed by atoms with Crippen LogP contribution in [0, 0.1) is 48.5 Å². The van der Waals surface area contributed by atoms with Crippen molar-refractivity contribution >= 4 is 70.5 Å². The zero-order valence-corrected chi connectivity index (χ0v) is 72.0. The Kier molecular flexibility index (Phi) is 40.2. The number of pyridine rings is 8. The SMILES string of the molecule is C[Si](C)(C)c1c[c-]c(-c2ccccn2)s1.C[Si](C)(C)c1c[c-]c(-c2ccccn2)s1.[Pt+2].[Pt+2].[Pt+2].[Pt+2].[c-]1ccccc1-c1[c-]cccc1.[c-]1ccccc1-c1ccccn1.[c-]1ccccc1-c1ccccn1.[c-]1ccsc1-c1ccccn1.[c-]1ccsc1-c1ccccn1.c1ccc(-c2ccccn2)nc1. The van der Waals surface area contributed by atoms with Crippen molar-refractivity contribution in [1.82, 2.24) is 39.9 Å². The molecule has 8 nitrogen and oxygen atoms in total. The van der Waals surface area contributed by atoms with Gasteiger partial charge in [0.15, 0.2) is 0 Å². The number of hydrogen-bond acceptors (Lipinski definition) is 12. The molecule has 104 heavy (non-hydrogen) atoms.